The normalized spacial score (nSPS) is 10.9. The molecule has 1 N–H and O–H groups in total. The molecule has 0 bridgehead atoms. The number of hydrogen-bond acceptors (Lipinski definition) is 4. The van der Waals surface area contributed by atoms with Crippen molar-refractivity contribution in [1.29, 1.82) is 0 Å². The summed E-state index contributed by atoms with van der Waals surface area (Å²) in [5.74, 6) is 0.0582. The molecule has 0 saturated carbocycles. The fourth-order valence-electron chi connectivity index (χ4n) is 2.02. The molecule has 0 atom stereocenters. The van der Waals surface area contributed by atoms with Gasteiger partial charge in [0.15, 0.2) is 0 Å². The quantitative estimate of drug-likeness (QED) is 0.868. The Morgan fingerprint density at radius 3 is 2.52 bits per heavy atom. The van der Waals surface area contributed by atoms with E-state index in [1.807, 2.05) is 38.1 Å². The van der Waals surface area contributed by atoms with Gasteiger partial charge in [0.25, 0.3) is 0 Å². The highest BCUT2D eigenvalue weighted by molar-refractivity contribution is 7.15. The number of nitrogens with zero attached hydrogens (tertiary/aromatic N) is 2. The number of rotatable bonds is 6. The minimum Gasteiger partial charge on any atom is -0.300 e. The fourth-order valence-corrected chi connectivity index (χ4v) is 2.92. The Morgan fingerprint density at radius 1 is 1.24 bits per heavy atom. The van der Waals surface area contributed by atoms with Crippen LogP contribution in [-0.2, 0) is 11.2 Å². The second kappa shape index (κ2) is 7.52. The zero-order valence-corrected chi connectivity index (χ0v) is 13.7. The molecule has 112 valence electrons. The molecule has 1 heterocycles. The standard InChI is InChI=1S/C15H18ClN3OS/c1-3-11(4-2)14(20)17-15-19-18-13(21-15)9-10-5-7-12(16)8-6-10/h5-8,11H,3-4,9H2,1-2H3,(H,17,19,20). The summed E-state index contributed by atoms with van der Waals surface area (Å²) < 4.78 is 0. The summed E-state index contributed by atoms with van der Waals surface area (Å²) in [7, 11) is 0. The molecule has 0 aliphatic heterocycles. The van der Waals surface area contributed by atoms with E-state index in [2.05, 4.69) is 15.5 Å². The third-order valence-electron chi connectivity index (χ3n) is 3.32. The van der Waals surface area contributed by atoms with Crippen molar-refractivity contribution in [2.45, 2.75) is 33.1 Å². The highest BCUT2D eigenvalue weighted by atomic mass is 35.5. The van der Waals surface area contributed by atoms with Crippen LogP contribution < -0.4 is 5.32 Å². The Balaban J connectivity index is 1.98. The summed E-state index contributed by atoms with van der Waals surface area (Å²) in [5, 5.41) is 13.1. The minimum atomic E-state index is 0.0224. The number of carbonyl (C=O) groups excluding carboxylic acids is 1. The number of carbonyl (C=O) groups is 1. The van der Waals surface area contributed by atoms with Gasteiger partial charge in [-0.1, -0.05) is 48.9 Å². The molecule has 4 nitrogen and oxygen atoms in total. The van der Waals surface area contributed by atoms with Gasteiger partial charge in [-0.25, -0.2) is 0 Å². The Morgan fingerprint density at radius 2 is 1.90 bits per heavy atom. The lowest BCUT2D eigenvalue weighted by molar-refractivity contribution is -0.120. The van der Waals surface area contributed by atoms with Gasteiger partial charge in [-0.05, 0) is 30.5 Å². The molecule has 0 aliphatic rings. The summed E-state index contributed by atoms with van der Waals surface area (Å²) in [6.45, 7) is 4.03. The topological polar surface area (TPSA) is 54.9 Å². The van der Waals surface area contributed by atoms with Crippen LogP contribution in [0.2, 0.25) is 5.02 Å². The van der Waals surface area contributed by atoms with Crippen LogP contribution in [0.1, 0.15) is 37.3 Å². The van der Waals surface area contributed by atoms with Crippen LogP contribution in [0.4, 0.5) is 5.13 Å². The molecule has 21 heavy (non-hydrogen) atoms. The lowest BCUT2D eigenvalue weighted by atomic mass is 10.0. The fraction of sp³-hybridized carbons (Fsp3) is 0.400. The van der Waals surface area contributed by atoms with Gasteiger partial charge < -0.3 is 5.32 Å². The molecular weight excluding hydrogens is 306 g/mol. The smallest absolute Gasteiger partial charge is 0.229 e. The molecule has 2 rings (SSSR count). The lowest BCUT2D eigenvalue weighted by Gasteiger charge is -2.09. The number of amides is 1. The van der Waals surface area contributed by atoms with Crippen LogP contribution in [0.25, 0.3) is 0 Å². The third-order valence-corrected chi connectivity index (χ3v) is 4.41. The molecular formula is C15H18ClN3OS. The van der Waals surface area contributed by atoms with E-state index in [9.17, 15) is 4.79 Å². The first-order valence-electron chi connectivity index (χ1n) is 7.00. The van der Waals surface area contributed by atoms with Gasteiger partial charge in [0.1, 0.15) is 5.01 Å². The minimum absolute atomic E-state index is 0.0224. The molecule has 0 aliphatic carbocycles. The number of benzene rings is 1. The van der Waals surface area contributed by atoms with Crippen LogP contribution in [0, 0.1) is 5.92 Å². The van der Waals surface area contributed by atoms with E-state index < -0.39 is 0 Å². The SMILES string of the molecule is CCC(CC)C(=O)Nc1nnc(Cc2ccc(Cl)cc2)s1. The van der Waals surface area contributed by atoms with E-state index in [1.54, 1.807) is 0 Å². The molecule has 1 amide bonds. The van der Waals surface area contributed by atoms with Gasteiger partial charge >= 0.3 is 0 Å². The van der Waals surface area contributed by atoms with Gasteiger partial charge in [-0.15, -0.1) is 10.2 Å². The second-order valence-electron chi connectivity index (χ2n) is 4.81. The van der Waals surface area contributed by atoms with E-state index >= 15 is 0 Å². The van der Waals surface area contributed by atoms with Crippen molar-refractivity contribution < 1.29 is 4.79 Å². The summed E-state index contributed by atoms with van der Waals surface area (Å²) in [5.41, 5.74) is 1.12. The zero-order valence-electron chi connectivity index (χ0n) is 12.1. The van der Waals surface area contributed by atoms with Crippen molar-refractivity contribution in [2.75, 3.05) is 5.32 Å². The van der Waals surface area contributed by atoms with Crippen molar-refractivity contribution in [2.24, 2.45) is 5.92 Å². The van der Waals surface area contributed by atoms with Gasteiger partial charge in [-0.2, -0.15) is 0 Å². The van der Waals surface area contributed by atoms with Gasteiger partial charge in [0.2, 0.25) is 11.0 Å². The first-order chi connectivity index (χ1) is 10.1. The Hall–Kier alpha value is -1.46. The highest BCUT2D eigenvalue weighted by Crippen LogP contribution is 2.21. The van der Waals surface area contributed by atoms with Crippen molar-refractivity contribution in [3.63, 3.8) is 0 Å². The summed E-state index contributed by atoms with van der Waals surface area (Å²) in [6, 6.07) is 7.64. The molecule has 0 saturated heterocycles. The Bertz CT molecular complexity index is 593. The molecule has 6 heteroatoms. The van der Waals surface area contributed by atoms with Crippen molar-refractivity contribution in [3.8, 4) is 0 Å². The second-order valence-corrected chi connectivity index (χ2v) is 6.31. The van der Waals surface area contributed by atoms with E-state index in [4.69, 9.17) is 11.6 Å². The number of nitrogens with one attached hydrogen (secondary N) is 1. The average Bonchev–Trinajstić information content (AvgIpc) is 2.90. The lowest BCUT2D eigenvalue weighted by Crippen LogP contribution is -2.21. The molecule has 0 spiro atoms. The van der Waals surface area contributed by atoms with E-state index in [0.717, 1.165) is 23.4 Å². The first-order valence-corrected chi connectivity index (χ1v) is 8.19. The monoisotopic (exact) mass is 323 g/mol. The summed E-state index contributed by atoms with van der Waals surface area (Å²) >= 11 is 7.27. The predicted molar refractivity (Wildman–Crippen MR) is 86.9 cm³/mol. The highest BCUT2D eigenvalue weighted by Gasteiger charge is 2.16. The van der Waals surface area contributed by atoms with Crippen LogP contribution >= 0.6 is 22.9 Å². The maximum Gasteiger partial charge on any atom is 0.229 e. The predicted octanol–water partition coefficient (Wildman–Crippen LogP) is 4.16. The molecule has 1 aromatic carbocycles. The molecule has 1 aromatic heterocycles. The van der Waals surface area contributed by atoms with Gasteiger partial charge in [-0.3, -0.25) is 4.79 Å². The molecule has 0 unspecified atom stereocenters. The number of aromatic nitrogens is 2. The maximum atomic E-state index is 12.0. The van der Waals surface area contributed by atoms with E-state index in [-0.39, 0.29) is 11.8 Å². The molecule has 0 fully saturated rings. The van der Waals surface area contributed by atoms with Crippen LogP contribution in [0.15, 0.2) is 24.3 Å². The van der Waals surface area contributed by atoms with Crippen LogP contribution in [0.5, 0.6) is 0 Å². The Kier molecular flexibility index (Phi) is 5.70. The molecule has 2 aromatic rings. The van der Waals surface area contributed by atoms with Gasteiger partial charge in [0.05, 0.1) is 0 Å². The van der Waals surface area contributed by atoms with Gasteiger partial charge in [0, 0.05) is 17.4 Å². The van der Waals surface area contributed by atoms with Crippen LogP contribution in [0.3, 0.4) is 0 Å². The summed E-state index contributed by atoms with van der Waals surface area (Å²) in [6.07, 6.45) is 2.35. The van der Waals surface area contributed by atoms with Crippen molar-refractivity contribution in [3.05, 3.63) is 39.9 Å². The van der Waals surface area contributed by atoms with E-state index in [0.29, 0.717) is 16.6 Å². The number of hydrogen-bond donors (Lipinski definition) is 1. The van der Waals surface area contributed by atoms with Crippen LogP contribution in [-0.4, -0.2) is 16.1 Å². The number of halogens is 1. The zero-order chi connectivity index (χ0) is 15.2. The first kappa shape index (κ1) is 15.9. The average molecular weight is 324 g/mol. The Labute approximate surface area is 133 Å². The van der Waals surface area contributed by atoms with E-state index in [1.165, 1.54) is 11.3 Å². The van der Waals surface area contributed by atoms with Crippen molar-refractivity contribution in [1.82, 2.24) is 10.2 Å². The largest absolute Gasteiger partial charge is 0.300 e. The third kappa shape index (κ3) is 4.51. The molecule has 0 radical (unpaired) electrons. The summed E-state index contributed by atoms with van der Waals surface area (Å²) in [4.78, 5) is 12.0. The van der Waals surface area contributed by atoms with Crippen molar-refractivity contribution >= 4 is 34.0 Å². The number of anilines is 1. The maximum absolute atomic E-state index is 12.0.